The molecular formula is C14H20N2O3S. The van der Waals surface area contributed by atoms with Crippen molar-refractivity contribution in [1.29, 1.82) is 0 Å². The van der Waals surface area contributed by atoms with Gasteiger partial charge >= 0.3 is 5.97 Å². The molecule has 0 radical (unpaired) electrons. The highest BCUT2D eigenvalue weighted by molar-refractivity contribution is 8.00. The number of pyridine rings is 1. The molecule has 0 bridgehead atoms. The maximum atomic E-state index is 12.0. The van der Waals surface area contributed by atoms with Gasteiger partial charge in [0, 0.05) is 17.3 Å². The molecule has 1 N–H and O–H groups in total. The van der Waals surface area contributed by atoms with E-state index in [9.17, 15) is 9.59 Å². The summed E-state index contributed by atoms with van der Waals surface area (Å²) in [7, 11) is 1.33. The standard InChI is InChI=1S/C14H20N2O3S/c1-4-7-14(2,13(18)19-3)16-12(17)10-20-11-5-8-15-9-6-11/h5-6,8-9H,4,7,10H2,1-3H3,(H,16,17). The van der Waals surface area contributed by atoms with Gasteiger partial charge in [-0.3, -0.25) is 9.78 Å². The first-order valence-corrected chi connectivity index (χ1v) is 7.42. The predicted molar refractivity (Wildman–Crippen MR) is 78.4 cm³/mol. The molecule has 5 nitrogen and oxygen atoms in total. The zero-order valence-electron chi connectivity index (χ0n) is 12.0. The molecule has 0 fully saturated rings. The number of thioether (sulfide) groups is 1. The van der Waals surface area contributed by atoms with Crippen molar-refractivity contribution in [3.8, 4) is 0 Å². The van der Waals surface area contributed by atoms with Gasteiger partial charge in [0.15, 0.2) is 0 Å². The number of carbonyl (C=O) groups is 2. The monoisotopic (exact) mass is 296 g/mol. The van der Waals surface area contributed by atoms with E-state index in [1.807, 2.05) is 19.1 Å². The Balaban J connectivity index is 2.56. The van der Waals surface area contributed by atoms with Crippen LogP contribution in [0.25, 0.3) is 0 Å². The third-order valence-corrected chi connectivity index (χ3v) is 3.83. The maximum absolute atomic E-state index is 12.0. The van der Waals surface area contributed by atoms with Crippen LogP contribution in [0.2, 0.25) is 0 Å². The summed E-state index contributed by atoms with van der Waals surface area (Å²) in [5.41, 5.74) is -0.959. The van der Waals surface area contributed by atoms with E-state index < -0.39 is 11.5 Å². The van der Waals surface area contributed by atoms with Gasteiger partial charge in [-0.05, 0) is 25.5 Å². The molecule has 1 aromatic heterocycles. The summed E-state index contributed by atoms with van der Waals surface area (Å²) >= 11 is 1.40. The second-order valence-electron chi connectivity index (χ2n) is 4.59. The minimum atomic E-state index is -0.959. The summed E-state index contributed by atoms with van der Waals surface area (Å²) in [5, 5.41) is 2.77. The Morgan fingerprint density at radius 1 is 1.40 bits per heavy atom. The maximum Gasteiger partial charge on any atom is 0.331 e. The summed E-state index contributed by atoms with van der Waals surface area (Å²) in [6, 6.07) is 3.67. The average Bonchev–Trinajstić information content (AvgIpc) is 2.45. The van der Waals surface area contributed by atoms with Crippen molar-refractivity contribution in [1.82, 2.24) is 10.3 Å². The van der Waals surface area contributed by atoms with Crippen LogP contribution in [-0.4, -0.2) is 35.3 Å². The minimum absolute atomic E-state index is 0.187. The zero-order valence-corrected chi connectivity index (χ0v) is 12.8. The quantitative estimate of drug-likeness (QED) is 0.616. The van der Waals surface area contributed by atoms with Crippen molar-refractivity contribution >= 4 is 23.6 Å². The van der Waals surface area contributed by atoms with Crippen LogP contribution in [-0.2, 0) is 14.3 Å². The van der Waals surface area contributed by atoms with E-state index in [0.717, 1.165) is 11.3 Å². The van der Waals surface area contributed by atoms with Crippen LogP contribution in [0, 0.1) is 0 Å². The van der Waals surface area contributed by atoms with E-state index in [2.05, 4.69) is 10.3 Å². The fourth-order valence-electron chi connectivity index (χ4n) is 1.87. The molecule has 1 unspecified atom stereocenters. The number of carbonyl (C=O) groups excluding carboxylic acids is 2. The molecule has 20 heavy (non-hydrogen) atoms. The molecule has 1 heterocycles. The van der Waals surface area contributed by atoms with Crippen LogP contribution >= 0.6 is 11.8 Å². The summed E-state index contributed by atoms with van der Waals surface area (Å²) in [6.07, 6.45) is 4.68. The van der Waals surface area contributed by atoms with Gasteiger partial charge in [0.1, 0.15) is 5.54 Å². The fourth-order valence-corrected chi connectivity index (χ4v) is 2.55. The average molecular weight is 296 g/mol. The van der Waals surface area contributed by atoms with Crippen molar-refractivity contribution in [3.63, 3.8) is 0 Å². The Labute approximate surface area is 123 Å². The van der Waals surface area contributed by atoms with Crippen molar-refractivity contribution in [3.05, 3.63) is 24.5 Å². The van der Waals surface area contributed by atoms with E-state index >= 15 is 0 Å². The number of ether oxygens (including phenoxy) is 1. The molecule has 6 heteroatoms. The van der Waals surface area contributed by atoms with E-state index in [4.69, 9.17) is 4.74 Å². The topological polar surface area (TPSA) is 68.3 Å². The Kier molecular flexibility index (Phi) is 6.51. The molecule has 0 aliphatic heterocycles. The fraction of sp³-hybridized carbons (Fsp3) is 0.500. The molecule has 0 aliphatic carbocycles. The number of hydrogen-bond acceptors (Lipinski definition) is 5. The number of hydrogen-bond donors (Lipinski definition) is 1. The van der Waals surface area contributed by atoms with Gasteiger partial charge in [-0.15, -0.1) is 11.8 Å². The van der Waals surface area contributed by atoms with E-state index in [1.54, 1.807) is 19.3 Å². The van der Waals surface area contributed by atoms with Gasteiger partial charge in [0.05, 0.1) is 12.9 Å². The lowest BCUT2D eigenvalue weighted by molar-refractivity contribution is -0.150. The number of rotatable bonds is 7. The number of aromatic nitrogens is 1. The lowest BCUT2D eigenvalue weighted by Crippen LogP contribution is -2.53. The molecule has 1 amide bonds. The molecular weight excluding hydrogens is 276 g/mol. The molecule has 1 rings (SSSR count). The summed E-state index contributed by atoms with van der Waals surface area (Å²) < 4.78 is 4.76. The normalized spacial score (nSPS) is 13.3. The van der Waals surface area contributed by atoms with Crippen LogP contribution < -0.4 is 5.32 Å². The molecule has 0 aliphatic rings. The second-order valence-corrected chi connectivity index (χ2v) is 5.64. The lowest BCUT2D eigenvalue weighted by atomic mass is 9.96. The largest absolute Gasteiger partial charge is 0.467 e. The predicted octanol–water partition coefficient (Wildman–Crippen LogP) is 2.02. The molecule has 1 aromatic rings. The van der Waals surface area contributed by atoms with Gasteiger partial charge in [-0.2, -0.15) is 0 Å². The highest BCUT2D eigenvalue weighted by Gasteiger charge is 2.34. The number of methoxy groups -OCH3 is 1. The Bertz CT molecular complexity index is 453. The molecule has 0 saturated heterocycles. The SMILES string of the molecule is CCCC(C)(NC(=O)CSc1ccncc1)C(=O)OC. The third kappa shape index (κ3) is 4.85. The van der Waals surface area contributed by atoms with Crippen LogP contribution in [0.5, 0.6) is 0 Å². The summed E-state index contributed by atoms with van der Waals surface area (Å²) in [4.78, 5) is 28.6. The Morgan fingerprint density at radius 2 is 2.05 bits per heavy atom. The van der Waals surface area contributed by atoms with Gasteiger partial charge in [-0.25, -0.2) is 4.79 Å². The lowest BCUT2D eigenvalue weighted by Gasteiger charge is -2.27. The van der Waals surface area contributed by atoms with Crippen molar-refractivity contribution in [2.45, 2.75) is 37.1 Å². The van der Waals surface area contributed by atoms with Crippen LogP contribution in [0.3, 0.4) is 0 Å². The van der Waals surface area contributed by atoms with Crippen molar-refractivity contribution in [2.75, 3.05) is 12.9 Å². The summed E-state index contributed by atoms with van der Waals surface area (Å²) in [5.74, 6) is -0.352. The third-order valence-electron chi connectivity index (χ3n) is 2.82. The first-order chi connectivity index (χ1) is 9.51. The van der Waals surface area contributed by atoms with E-state index in [1.165, 1.54) is 18.9 Å². The Hall–Kier alpha value is -1.56. The highest BCUT2D eigenvalue weighted by atomic mass is 32.2. The summed E-state index contributed by atoms with van der Waals surface area (Å²) in [6.45, 7) is 3.65. The van der Waals surface area contributed by atoms with Crippen LogP contribution in [0.4, 0.5) is 0 Å². The van der Waals surface area contributed by atoms with Gasteiger partial charge in [0.2, 0.25) is 5.91 Å². The number of nitrogens with zero attached hydrogens (tertiary/aromatic N) is 1. The van der Waals surface area contributed by atoms with Gasteiger partial charge in [0.25, 0.3) is 0 Å². The highest BCUT2D eigenvalue weighted by Crippen LogP contribution is 2.18. The van der Waals surface area contributed by atoms with Crippen molar-refractivity contribution in [2.24, 2.45) is 0 Å². The van der Waals surface area contributed by atoms with Crippen LogP contribution in [0.15, 0.2) is 29.4 Å². The number of esters is 1. The molecule has 0 saturated carbocycles. The van der Waals surface area contributed by atoms with E-state index in [0.29, 0.717) is 6.42 Å². The first kappa shape index (κ1) is 16.5. The number of nitrogens with one attached hydrogen (secondary N) is 1. The Morgan fingerprint density at radius 3 is 2.60 bits per heavy atom. The molecule has 0 aromatic carbocycles. The minimum Gasteiger partial charge on any atom is -0.467 e. The molecule has 1 atom stereocenters. The first-order valence-electron chi connectivity index (χ1n) is 6.44. The molecule has 110 valence electrons. The second kappa shape index (κ2) is 7.89. The zero-order chi connectivity index (χ0) is 15.0. The molecule has 0 spiro atoms. The van der Waals surface area contributed by atoms with E-state index in [-0.39, 0.29) is 11.7 Å². The van der Waals surface area contributed by atoms with Crippen LogP contribution in [0.1, 0.15) is 26.7 Å². The van der Waals surface area contributed by atoms with Gasteiger partial charge < -0.3 is 10.1 Å². The van der Waals surface area contributed by atoms with Gasteiger partial charge in [-0.1, -0.05) is 13.3 Å². The van der Waals surface area contributed by atoms with Crippen molar-refractivity contribution < 1.29 is 14.3 Å². The smallest absolute Gasteiger partial charge is 0.331 e. The number of amides is 1.